The number of carbonyl (C=O) groups excluding carboxylic acids is 2. The van der Waals surface area contributed by atoms with Gasteiger partial charge in [0.2, 0.25) is 0 Å². The molecule has 0 aliphatic carbocycles. The Morgan fingerprint density at radius 2 is 1.07 bits per heavy atom. The van der Waals surface area contributed by atoms with Crippen molar-refractivity contribution in [1.82, 2.24) is 0 Å². The summed E-state index contributed by atoms with van der Waals surface area (Å²) in [6.45, 7) is 10.3. The SMILES string of the molecule is CC(C)(C)C(=O)OC(=O)C(C)(C)C.[H-].[H-].[K+].[Na+]. The molecule has 0 bridgehead atoms. The van der Waals surface area contributed by atoms with Gasteiger partial charge in [-0.2, -0.15) is 0 Å². The van der Waals surface area contributed by atoms with E-state index >= 15 is 0 Å². The molecular formula is C10H20KNaO3. The van der Waals surface area contributed by atoms with Gasteiger partial charge in [-0.1, -0.05) is 0 Å². The molecule has 0 aromatic carbocycles. The fourth-order valence-electron chi connectivity index (χ4n) is 0.390. The van der Waals surface area contributed by atoms with E-state index in [1.807, 2.05) is 0 Å². The molecule has 3 nitrogen and oxygen atoms in total. The predicted octanol–water partition coefficient (Wildman–Crippen LogP) is -3.62. The summed E-state index contributed by atoms with van der Waals surface area (Å²) in [5.41, 5.74) is -1.25. The van der Waals surface area contributed by atoms with Crippen molar-refractivity contribution >= 4 is 11.9 Å². The van der Waals surface area contributed by atoms with Crippen molar-refractivity contribution in [3.05, 3.63) is 0 Å². The molecule has 5 heteroatoms. The number of ether oxygens (including phenoxy) is 1. The Hall–Kier alpha value is 1.78. The van der Waals surface area contributed by atoms with Crippen molar-refractivity contribution in [2.75, 3.05) is 0 Å². The van der Waals surface area contributed by atoms with Crippen molar-refractivity contribution in [2.45, 2.75) is 41.5 Å². The Morgan fingerprint density at radius 3 is 1.20 bits per heavy atom. The van der Waals surface area contributed by atoms with E-state index in [0.717, 1.165) is 0 Å². The van der Waals surface area contributed by atoms with Crippen molar-refractivity contribution in [1.29, 1.82) is 0 Å². The Bertz CT molecular complexity index is 211. The smallest absolute Gasteiger partial charge is 1.00 e. The average Bonchev–Trinajstić information content (AvgIpc) is 1.82. The molecule has 0 atom stereocenters. The molecule has 0 N–H and O–H groups in total. The zero-order valence-electron chi connectivity index (χ0n) is 13.2. The van der Waals surface area contributed by atoms with Gasteiger partial charge in [0.25, 0.3) is 0 Å². The van der Waals surface area contributed by atoms with Gasteiger partial charge >= 0.3 is 92.9 Å². The van der Waals surface area contributed by atoms with Gasteiger partial charge < -0.3 is 7.59 Å². The first-order valence-corrected chi connectivity index (χ1v) is 4.32. The number of rotatable bonds is 0. The first-order chi connectivity index (χ1) is 5.55. The van der Waals surface area contributed by atoms with Gasteiger partial charge in [0.15, 0.2) is 0 Å². The minimum Gasteiger partial charge on any atom is -1.00 e. The summed E-state index contributed by atoms with van der Waals surface area (Å²) in [4.78, 5) is 22.6. The van der Waals surface area contributed by atoms with E-state index in [1.54, 1.807) is 41.5 Å². The largest absolute Gasteiger partial charge is 1.00 e. The number of hydrogen-bond donors (Lipinski definition) is 0. The van der Waals surface area contributed by atoms with E-state index in [-0.39, 0.29) is 83.8 Å². The van der Waals surface area contributed by atoms with Gasteiger partial charge in [-0.25, -0.2) is 0 Å². The molecule has 0 aliphatic heterocycles. The van der Waals surface area contributed by atoms with Gasteiger partial charge in [-0.15, -0.1) is 0 Å². The van der Waals surface area contributed by atoms with Crippen LogP contribution in [0.2, 0.25) is 0 Å². The van der Waals surface area contributed by atoms with E-state index < -0.39 is 22.8 Å². The number of hydrogen-bond acceptors (Lipinski definition) is 3. The monoisotopic (exact) mass is 250 g/mol. The average molecular weight is 250 g/mol. The predicted molar refractivity (Wildman–Crippen MR) is 52.2 cm³/mol. The van der Waals surface area contributed by atoms with Crippen LogP contribution in [0.5, 0.6) is 0 Å². The maximum Gasteiger partial charge on any atom is 1.00 e. The van der Waals surface area contributed by atoms with Crippen LogP contribution in [0, 0.1) is 10.8 Å². The maximum atomic E-state index is 11.3. The fourth-order valence-corrected chi connectivity index (χ4v) is 0.390. The molecule has 0 unspecified atom stereocenters. The van der Waals surface area contributed by atoms with E-state index in [9.17, 15) is 9.59 Å². The van der Waals surface area contributed by atoms with Crippen LogP contribution in [0.4, 0.5) is 0 Å². The topological polar surface area (TPSA) is 43.4 Å². The van der Waals surface area contributed by atoms with Gasteiger partial charge in [0.05, 0.1) is 10.8 Å². The van der Waals surface area contributed by atoms with Crippen LogP contribution in [-0.2, 0) is 14.3 Å². The molecule has 0 amide bonds. The van der Waals surface area contributed by atoms with E-state index in [1.165, 1.54) is 0 Å². The molecule has 0 aromatic heterocycles. The quantitative estimate of drug-likeness (QED) is 0.253. The molecule has 0 aromatic rings. The van der Waals surface area contributed by atoms with E-state index in [2.05, 4.69) is 0 Å². The second kappa shape index (κ2) is 7.98. The molecule has 80 valence electrons. The van der Waals surface area contributed by atoms with Crippen LogP contribution in [0.3, 0.4) is 0 Å². The van der Waals surface area contributed by atoms with Crippen LogP contribution in [0.15, 0.2) is 0 Å². The Labute approximate surface area is 160 Å². The molecule has 15 heavy (non-hydrogen) atoms. The third-order valence-corrected chi connectivity index (χ3v) is 1.41. The summed E-state index contributed by atoms with van der Waals surface area (Å²) in [6, 6.07) is 0. The summed E-state index contributed by atoms with van der Waals surface area (Å²) in [5, 5.41) is 0. The van der Waals surface area contributed by atoms with Crippen LogP contribution in [-0.4, -0.2) is 11.9 Å². The Morgan fingerprint density at radius 1 is 0.867 bits per heavy atom. The van der Waals surface area contributed by atoms with Gasteiger partial charge in [-0.3, -0.25) is 9.59 Å². The Kier molecular flexibility index (Phi) is 11.7. The van der Waals surface area contributed by atoms with Crippen molar-refractivity contribution < 1.29 is 98.1 Å². The van der Waals surface area contributed by atoms with Gasteiger partial charge in [0, 0.05) is 0 Å². The molecule has 0 saturated carbocycles. The summed E-state index contributed by atoms with van der Waals surface area (Å²) in [5.74, 6) is -0.958. The zero-order chi connectivity index (χ0) is 10.9. The minimum absolute atomic E-state index is 0. The zero-order valence-corrected chi connectivity index (χ0v) is 16.3. The maximum absolute atomic E-state index is 11.3. The second-order valence-electron chi connectivity index (χ2n) is 5.18. The minimum atomic E-state index is -0.624. The third-order valence-electron chi connectivity index (χ3n) is 1.41. The molecule has 0 saturated heterocycles. The summed E-state index contributed by atoms with van der Waals surface area (Å²) < 4.78 is 4.70. The van der Waals surface area contributed by atoms with Gasteiger partial charge in [-0.05, 0) is 41.5 Å². The molecule has 0 heterocycles. The summed E-state index contributed by atoms with van der Waals surface area (Å²) >= 11 is 0. The van der Waals surface area contributed by atoms with Crippen molar-refractivity contribution in [3.8, 4) is 0 Å². The van der Waals surface area contributed by atoms with Crippen molar-refractivity contribution in [2.24, 2.45) is 10.8 Å². The Balaban J connectivity index is -0.000000120. The van der Waals surface area contributed by atoms with Crippen molar-refractivity contribution in [3.63, 3.8) is 0 Å². The molecule has 0 radical (unpaired) electrons. The second-order valence-corrected chi connectivity index (χ2v) is 5.18. The molecular weight excluding hydrogens is 230 g/mol. The normalized spacial score (nSPS) is 10.8. The van der Waals surface area contributed by atoms with Crippen LogP contribution < -0.4 is 80.9 Å². The fraction of sp³-hybridized carbons (Fsp3) is 0.800. The first kappa shape index (κ1) is 22.0. The van der Waals surface area contributed by atoms with Crippen LogP contribution in [0.25, 0.3) is 0 Å². The van der Waals surface area contributed by atoms with E-state index in [0.29, 0.717) is 0 Å². The first-order valence-electron chi connectivity index (χ1n) is 4.32. The van der Waals surface area contributed by atoms with Crippen LogP contribution in [0.1, 0.15) is 44.4 Å². The molecule has 0 aliphatic rings. The summed E-state index contributed by atoms with van der Waals surface area (Å²) in [7, 11) is 0. The van der Waals surface area contributed by atoms with Gasteiger partial charge in [0.1, 0.15) is 0 Å². The molecule has 0 fully saturated rings. The standard InChI is InChI=1S/C10H18O3.K.Na.2H/c1-9(2,3)7(11)13-8(12)10(4,5)6;;;;/h1-6H3;;;;/q;2*+1;2*-1. The number of esters is 2. The third kappa shape index (κ3) is 9.48. The van der Waals surface area contributed by atoms with E-state index in [4.69, 9.17) is 4.74 Å². The molecule has 0 rings (SSSR count). The number of carbonyl (C=O) groups is 2. The molecule has 0 spiro atoms. The van der Waals surface area contributed by atoms with Crippen LogP contribution >= 0.6 is 0 Å². The summed E-state index contributed by atoms with van der Waals surface area (Å²) in [6.07, 6.45) is 0.